The highest BCUT2D eigenvalue weighted by molar-refractivity contribution is 6.05. The molecule has 0 fully saturated rings. The molecule has 5 heteroatoms. The molecule has 1 amide bonds. The summed E-state index contributed by atoms with van der Waals surface area (Å²) in [7, 11) is 3.30. The first kappa shape index (κ1) is 20.1. The van der Waals surface area contributed by atoms with E-state index >= 15 is 0 Å². The first-order chi connectivity index (χ1) is 14.1. The van der Waals surface area contributed by atoms with Gasteiger partial charge in [0.2, 0.25) is 0 Å². The molecule has 0 spiro atoms. The molecule has 0 unspecified atom stereocenters. The predicted molar refractivity (Wildman–Crippen MR) is 111 cm³/mol. The van der Waals surface area contributed by atoms with E-state index in [1.807, 2.05) is 48.5 Å². The van der Waals surface area contributed by atoms with E-state index in [4.69, 9.17) is 9.47 Å². The molecular formula is C24H23NO4. The Morgan fingerprint density at radius 1 is 0.828 bits per heavy atom. The molecule has 0 saturated carbocycles. The smallest absolute Gasteiger partial charge is 0.339 e. The average Bonchev–Trinajstić information content (AvgIpc) is 2.77. The first-order valence-electron chi connectivity index (χ1n) is 9.27. The fourth-order valence-corrected chi connectivity index (χ4v) is 2.97. The van der Waals surface area contributed by atoms with Crippen LogP contribution in [-0.4, -0.2) is 30.9 Å². The molecule has 3 rings (SSSR count). The van der Waals surface area contributed by atoms with Crippen LogP contribution in [0.25, 0.3) is 0 Å². The lowest BCUT2D eigenvalue weighted by Gasteiger charge is -2.19. The van der Waals surface area contributed by atoms with Gasteiger partial charge in [-0.15, -0.1) is 0 Å². The lowest BCUT2D eigenvalue weighted by atomic mass is 10.1. The van der Waals surface area contributed by atoms with E-state index < -0.39 is 5.97 Å². The number of carbonyl (C=O) groups excluding carboxylic acids is 2. The molecule has 0 bridgehead atoms. The Hall–Kier alpha value is -3.60. The Bertz CT molecular complexity index is 985. The molecule has 148 valence electrons. The molecule has 5 nitrogen and oxygen atoms in total. The second kappa shape index (κ2) is 9.55. The summed E-state index contributed by atoms with van der Waals surface area (Å²) in [5.74, 6) is -0.0793. The second-order valence-corrected chi connectivity index (χ2v) is 6.62. The normalized spacial score (nSPS) is 10.3. The summed E-state index contributed by atoms with van der Waals surface area (Å²) in [4.78, 5) is 27.2. The number of carbonyl (C=O) groups is 2. The van der Waals surface area contributed by atoms with E-state index in [1.165, 1.54) is 0 Å². The van der Waals surface area contributed by atoms with Gasteiger partial charge in [0, 0.05) is 13.6 Å². The van der Waals surface area contributed by atoms with Crippen molar-refractivity contribution >= 4 is 11.9 Å². The largest absolute Gasteiger partial charge is 0.497 e. The molecule has 0 aliphatic rings. The fraction of sp³-hybridized carbons (Fsp3) is 0.167. The van der Waals surface area contributed by atoms with Gasteiger partial charge in [-0.1, -0.05) is 54.6 Å². The van der Waals surface area contributed by atoms with Gasteiger partial charge in [-0.2, -0.15) is 0 Å². The summed E-state index contributed by atoms with van der Waals surface area (Å²) >= 11 is 0. The Morgan fingerprint density at radius 3 is 2.21 bits per heavy atom. The van der Waals surface area contributed by atoms with Crippen molar-refractivity contribution in [2.75, 3.05) is 14.2 Å². The van der Waals surface area contributed by atoms with E-state index in [9.17, 15) is 9.59 Å². The van der Waals surface area contributed by atoms with Crippen molar-refractivity contribution in [1.82, 2.24) is 4.90 Å². The predicted octanol–water partition coefficient (Wildman–Crippen LogP) is 4.32. The lowest BCUT2D eigenvalue weighted by Crippen LogP contribution is -2.28. The van der Waals surface area contributed by atoms with Crippen molar-refractivity contribution in [3.63, 3.8) is 0 Å². The highest BCUT2D eigenvalue weighted by atomic mass is 16.5. The van der Waals surface area contributed by atoms with Crippen molar-refractivity contribution in [1.29, 1.82) is 0 Å². The van der Waals surface area contributed by atoms with Crippen molar-refractivity contribution in [3.8, 4) is 5.75 Å². The molecule has 0 atom stereocenters. The SMILES string of the molecule is COc1cccc(COC(=O)c2ccccc2C(=O)N(C)Cc2ccccc2)c1. The van der Waals surface area contributed by atoms with Gasteiger partial charge >= 0.3 is 5.97 Å². The zero-order chi connectivity index (χ0) is 20.6. The molecule has 0 aliphatic carbocycles. The van der Waals surface area contributed by atoms with Gasteiger partial charge in [-0.05, 0) is 35.4 Å². The summed E-state index contributed by atoms with van der Waals surface area (Å²) in [5, 5.41) is 0. The quantitative estimate of drug-likeness (QED) is 0.565. The molecule has 3 aromatic rings. The van der Waals surface area contributed by atoms with Crippen LogP contribution in [0.2, 0.25) is 0 Å². The minimum Gasteiger partial charge on any atom is -0.497 e. The minimum atomic E-state index is -0.537. The summed E-state index contributed by atoms with van der Waals surface area (Å²) in [5.41, 5.74) is 2.39. The molecule has 0 N–H and O–H groups in total. The third kappa shape index (κ3) is 5.23. The number of ether oxygens (including phenoxy) is 2. The number of methoxy groups -OCH3 is 1. The van der Waals surface area contributed by atoms with Gasteiger partial charge in [0.1, 0.15) is 12.4 Å². The molecular weight excluding hydrogens is 366 g/mol. The van der Waals surface area contributed by atoms with Crippen LogP contribution in [0.1, 0.15) is 31.8 Å². The number of nitrogens with zero attached hydrogens (tertiary/aromatic N) is 1. The Labute approximate surface area is 170 Å². The minimum absolute atomic E-state index is 0.0956. The average molecular weight is 389 g/mol. The Kier molecular flexibility index (Phi) is 6.63. The highest BCUT2D eigenvalue weighted by Gasteiger charge is 2.20. The van der Waals surface area contributed by atoms with Crippen molar-refractivity contribution in [2.24, 2.45) is 0 Å². The monoisotopic (exact) mass is 389 g/mol. The van der Waals surface area contributed by atoms with E-state index in [0.717, 1.165) is 11.1 Å². The number of rotatable bonds is 7. The Balaban J connectivity index is 1.71. The topological polar surface area (TPSA) is 55.8 Å². The lowest BCUT2D eigenvalue weighted by molar-refractivity contribution is 0.0467. The molecule has 3 aromatic carbocycles. The first-order valence-corrected chi connectivity index (χ1v) is 9.27. The van der Waals surface area contributed by atoms with Gasteiger partial charge in [-0.3, -0.25) is 4.79 Å². The number of benzene rings is 3. The van der Waals surface area contributed by atoms with Gasteiger partial charge in [0.05, 0.1) is 18.2 Å². The van der Waals surface area contributed by atoms with Crippen LogP contribution in [0.3, 0.4) is 0 Å². The van der Waals surface area contributed by atoms with Gasteiger partial charge in [0.25, 0.3) is 5.91 Å². The summed E-state index contributed by atoms with van der Waals surface area (Å²) in [6, 6.07) is 23.7. The van der Waals surface area contributed by atoms with Crippen LogP contribution in [0.15, 0.2) is 78.9 Å². The maximum Gasteiger partial charge on any atom is 0.339 e. The third-order valence-electron chi connectivity index (χ3n) is 4.49. The van der Waals surface area contributed by atoms with Crippen molar-refractivity contribution in [3.05, 3.63) is 101 Å². The zero-order valence-corrected chi connectivity index (χ0v) is 16.5. The molecule has 0 radical (unpaired) electrons. The summed E-state index contributed by atoms with van der Waals surface area (Å²) in [6.45, 7) is 0.547. The molecule has 0 saturated heterocycles. The third-order valence-corrected chi connectivity index (χ3v) is 4.49. The standard InChI is InChI=1S/C24H23NO4/c1-25(16-18-9-4-3-5-10-18)23(26)21-13-6-7-14-22(21)24(27)29-17-19-11-8-12-20(15-19)28-2/h3-15H,16-17H2,1-2H3. The maximum atomic E-state index is 12.9. The van der Waals surface area contributed by atoms with Crippen LogP contribution in [0.4, 0.5) is 0 Å². The number of esters is 1. The van der Waals surface area contributed by atoms with Crippen LogP contribution in [0.5, 0.6) is 5.75 Å². The molecule has 29 heavy (non-hydrogen) atoms. The summed E-state index contributed by atoms with van der Waals surface area (Å²) in [6.07, 6.45) is 0. The van der Waals surface area contributed by atoms with Crippen LogP contribution >= 0.6 is 0 Å². The van der Waals surface area contributed by atoms with E-state index in [1.54, 1.807) is 49.4 Å². The molecule has 0 heterocycles. The van der Waals surface area contributed by atoms with E-state index in [-0.39, 0.29) is 18.1 Å². The second-order valence-electron chi connectivity index (χ2n) is 6.62. The zero-order valence-electron chi connectivity index (χ0n) is 16.5. The van der Waals surface area contributed by atoms with E-state index in [0.29, 0.717) is 17.9 Å². The van der Waals surface area contributed by atoms with Crippen molar-refractivity contribution < 1.29 is 19.1 Å². The molecule has 0 aromatic heterocycles. The number of hydrogen-bond donors (Lipinski definition) is 0. The fourth-order valence-electron chi connectivity index (χ4n) is 2.97. The van der Waals surface area contributed by atoms with E-state index in [2.05, 4.69) is 0 Å². The van der Waals surface area contributed by atoms with Gasteiger partial charge in [0.15, 0.2) is 0 Å². The van der Waals surface area contributed by atoms with Gasteiger partial charge < -0.3 is 14.4 Å². The van der Waals surface area contributed by atoms with Crippen LogP contribution in [0, 0.1) is 0 Å². The number of hydrogen-bond acceptors (Lipinski definition) is 4. The maximum absolute atomic E-state index is 12.9. The summed E-state index contributed by atoms with van der Waals surface area (Å²) < 4.78 is 10.6. The highest BCUT2D eigenvalue weighted by Crippen LogP contribution is 2.17. The van der Waals surface area contributed by atoms with Crippen LogP contribution < -0.4 is 4.74 Å². The van der Waals surface area contributed by atoms with Crippen LogP contribution in [-0.2, 0) is 17.9 Å². The van der Waals surface area contributed by atoms with Gasteiger partial charge in [-0.25, -0.2) is 4.79 Å². The Morgan fingerprint density at radius 2 is 1.48 bits per heavy atom. The number of amides is 1. The van der Waals surface area contributed by atoms with Crippen molar-refractivity contribution in [2.45, 2.75) is 13.2 Å². The molecule has 0 aliphatic heterocycles.